The molecule has 1 aliphatic carbocycles. The van der Waals surface area contributed by atoms with Crippen LogP contribution in [-0.2, 0) is 9.47 Å². The minimum Gasteiger partial charge on any atom is -0.496 e. The molecule has 29 heavy (non-hydrogen) atoms. The number of rotatable bonds is 5. The number of ketones is 1. The van der Waals surface area contributed by atoms with Crippen LogP contribution in [0.2, 0.25) is 0 Å². The molecule has 6 heteroatoms. The van der Waals surface area contributed by atoms with Crippen molar-refractivity contribution in [1.29, 1.82) is 0 Å². The summed E-state index contributed by atoms with van der Waals surface area (Å²) in [4.78, 5) is 17.6. The first kappa shape index (κ1) is 20.2. The molecular weight excluding hydrogens is 368 g/mol. The number of aliphatic imine (C=N–C) groups is 1. The average molecular weight is 392 g/mol. The van der Waals surface area contributed by atoms with Gasteiger partial charge in [0.2, 0.25) is 5.78 Å². The third-order valence-electron chi connectivity index (χ3n) is 4.75. The molecule has 0 spiro atoms. The molecule has 0 aliphatic heterocycles. The van der Waals surface area contributed by atoms with Crippen molar-refractivity contribution in [2.45, 2.75) is 20.3 Å². The topological polar surface area (TPSA) is 87.1 Å². The maximum Gasteiger partial charge on any atom is 0.234 e. The number of allylic oxidation sites excluding steroid dienone is 5. The van der Waals surface area contributed by atoms with Crippen LogP contribution < -0.4 is 5.73 Å². The zero-order valence-electron chi connectivity index (χ0n) is 17.0. The number of fused-ring (bicyclic) bond motifs is 1. The van der Waals surface area contributed by atoms with E-state index in [1.54, 1.807) is 33.3 Å². The quantitative estimate of drug-likeness (QED) is 0.438. The van der Waals surface area contributed by atoms with Gasteiger partial charge in [0.05, 0.1) is 31.2 Å². The molecular formula is C23H24N2O4. The number of Topliss-reactive ketones (excluding diaryl/α,β-unsaturated/α-hetero) is 1. The molecule has 1 aromatic carbocycles. The van der Waals surface area contributed by atoms with Crippen molar-refractivity contribution < 1.29 is 18.7 Å². The zero-order valence-corrected chi connectivity index (χ0v) is 17.0. The van der Waals surface area contributed by atoms with Gasteiger partial charge >= 0.3 is 0 Å². The first-order valence-corrected chi connectivity index (χ1v) is 9.14. The zero-order chi connectivity index (χ0) is 21.1. The summed E-state index contributed by atoms with van der Waals surface area (Å²) in [7, 11) is 3.09. The lowest BCUT2D eigenvalue weighted by Gasteiger charge is -2.10. The van der Waals surface area contributed by atoms with Crippen molar-refractivity contribution in [3.63, 3.8) is 0 Å². The maximum absolute atomic E-state index is 13.3. The van der Waals surface area contributed by atoms with Gasteiger partial charge in [-0.05, 0) is 37.1 Å². The Balaban J connectivity index is 2.07. The predicted octanol–water partition coefficient (Wildman–Crippen LogP) is 5.04. The summed E-state index contributed by atoms with van der Waals surface area (Å²) in [5.41, 5.74) is 9.54. The van der Waals surface area contributed by atoms with E-state index >= 15 is 0 Å². The van der Waals surface area contributed by atoms with Crippen LogP contribution >= 0.6 is 0 Å². The van der Waals surface area contributed by atoms with Crippen molar-refractivity contribution in [3.8, 4) is 0 Å². The summed E-state index contributed by atoms with van der Waals surface area (Å²) >= 11 is 0. The number of benzene rings is 1. The van der Waals surface area contributed by atoms with E-state index in [4.69, 9.17) is 19.6 Å². The van der Waals surface area contributed by atoms with Crippen molar-refractivity contribution >= 4 is 34.0 Å². The molecule has 1 heterocycles. The molecule has 1 aliphatic rings. The highest BCUT2D eigenvalue weighted by Crippen LogP contribution is 2.34. The Kier molecular flexibility index (Phi) is 5.73. The van der Waals surface area contributed by atoms with Gasteiger partial charge in [-0.15, -0.1) is 0 Å². The maximum atomic E-state index is 13.3. The number of nitrogen functional groups attached to an aromatic ring is 1. The normalized spacial score (nSPS) is 14.6. The highest BCUT2D eigenvalue weighted by molar-refractivity contribution is 6.16. The fraction of sp³-hybridized carbons (Fsp3) is 0.217. The van der Waals surface area contributed by atoms with Crippen molar-refractivity contribution in [1.82, 2.24) is 0 Å². The number of nitrogens with two attached hydrogens (primary N) is 1. The second-order valence-electron chi connectivity index (χ2n) is 6.64. The number of anilines is 1. The molecule has 2 aromatic rings. The van der Waals surface area contributed by atoms with Crippen LogP contribution in [0.3, 0.4) is 0 Å². The van der Waals surface area contributed by atoms with Crippen LogP contribution in [0.5, 0.6) is 0 Å². The van der Waals surface area contributed by atoms with E-state index in [1.807, 2.05) is 31.2 Å². The fourth-order valence-corrected chi connectivity index (χ4v) is 3.15. The molecule has 0 saturated heterocycles. The Hall–Kier alpha value is -3.54. The van der Waals surface area contributed by atoms with Gasteiger partial charge in [0, 0.05) is 17.9 Å². The third-order valence-corrected chi connectivity index (χ3v) is 4.75. The Labute approximate surface area is 169 Å². The van der Waals surface area contributed by atoms with Crippen molar-refractivity contribution in [2.75, 3.05) is 20.0 Å². The monoisotopic (exact) mass is 392 g/mol. The molecule has 0 unspecified atom stereocenters. The first-order valence-electron chi connectivity index (χ1n) is 9.14. The van der Waals surface area contributed by atoms with E-state index in [2.05, 4.69) is 11.6 Å². The Morgan fingerprint density at radius 2 is 2.07 bits per heavy atom. The minimum atomic E-state index is -0.315. The number of hydrogen-bond acceptors (Lipinski definition) is 6. The minimum absolute atomic E-state index is 0.0898. The van der Waals surface area contributed by atoms with Crippen LogP contribution in [0.15, 0.2) is 69.3 Å². The van der Waals surface area contributed by atoms with E-state index in [0.717, 1.165) is 11.1 Å². The van der Waals surface area contributed by atoms with Crippen LogP contribution in [0.25, 0.3) is 16.7 Å². The summed E-state index contributed by atoms with van der Waals surface area (Å²) in [6.45, 7) is 7.55. The Morgan fingerprint density at radius 1 is 1.31 bits per heavy atom. The molecule has 3 rings (SSSR count). The SMILES string of the molecule is C=C(N=C(C)OC)c1ccc2c(N)c(C(=O)C3=C(C)C=CCC=C3OC)oc2c1. The molecule has 2 N–H and O–H groups in total. The van der Waals surface area contributed by atoms with Crippen molar-refractivity contribution in [2.24, 2.45) is 4.99 Å². The van der Waals surface area contributed by atoms with Gasteiger partial charge in [-0.2, -0.15) is 0 Å². The van der Waals surface area contributed by atoms with Gasteiger partial charge in [0.15, 0.2) is 11.7 Å². The molecule has 150 valence electrons. The lowest BCUT2D eigenvalue weighted by molar-refractivity contribution is 0.0999. The predicted molar refractivity (Wildman–Crippen MR) is 116 cm³/mol. The summed E-state index contributed by atoms with van der Waals surface area (Å²) in [6, 6.07) is 5.39. The highest BCUT2D eigenvalue weighted by Gasteiger charge is 2.27. The van der Waals surface area contributed by atoms with E-state index in [0.29, 0.717) is 46.0 Å². The number of ether oxygens (including phenoxy) is 2. The summed E-state index contributed by atoms with van der Waals surface area (Å²) in [5, 5.41) is 0.655. The second kappa shape index (κ2) is 8.22. The van der Waals surface area contributed by atoms with Crippen LogP contribution in [-0.4, -0.2) is 25.9 Å². The molecule has 0 radical (unpaired) electrons. The first-order chi connectivity index (χ1) is 13.9. The molecule has 0 atom stereocenters. The van der Waals surface area contributed by atoms with E-state index in [9.17, 15) is 4.79 Å². The van der Waals surface area contributed by atoms with Gasteiger partial charge in [0.1, 0.15) is 11.3 Å². The number of carbonyl (C=O) groups is 1. The molecule has 0 bridgehead atoms. The summed E-state index contributed by atoms with van der Waals surface area (Å²) in [6.07, 6.45) is 6.40. The van der Waals surface area contributed by atoms with Gasteiger partial charge in [0.25, 0.3) is 0 Å². The second-order valence-corrected chi connectivity index (χ2v) is 6.64. The molecule has 0 fully saturated rings. The van der Waals surface area contributed by atoms with Crippen LogP contribution in [0, 0.1) is 0 Å². The Morgan fingerprint density at radius 3 is 2.76 bits per heavy atom. The molecule has 6 nitrogen and oxygen atoms in total. The fourth-order valence-electron chi connectivity index (χ4n) is 3.15. The Bertz CT molecular complexity index is 1110. The number of nitrogens with zero attached hydrogens (tertiary/aromatic N) is 1. The van der Waals surface area contributed by atoms with E-state index in [-0.39, 0.29) is 11.5 Å². The van der Waals surface area contributed by atoms with Crippen LogP contribution in [0.1, 0.15) is 36.4 Å². The largest absolute Gasteiger partial charge is 0.496 e. The molecule has 0 amide bonds. The number of furan rings is 1. The number of carbonyl (C=O) groups excluding carboxylic acids is 1. The lowest BCUT2D eigenvalue weighted by atomic mass is 10.0. The average Bonchev–Trinajstić information content (AvgIpc) is 2.92. The third kappa shape index (κ3) is 3.87. The number of hydrogen-bond donors (Lipinski definition) is 1. The highest BCUT2D eigenvalue weighted by atomic mass is 16.5. The van der Waals surface area contributed by atoms with Gasteiger partial charge in [-0.1, -0.05) is 24.8 Å². The van der Waals surface area contributed by atoms with Gasteiger partial charge in [-0.25, -0.2) is 4.99 Å². The molecule has 1 aromatic heterocycles. The van der Waals surface area contributed by atoms with Crippen molar-refractivity contribution in [3.05, 3.63) is 71.2 Å². The summed E-state index contributed by atoms with van der Waals surface area (Å²) in [5.74, 6) is 0.778. The van der Waals surface area contributed by atoms with E-state index < -0.39 is 0 Å². The smallest absolute Gasteiger partial charge is 0.234 e. The van der Waals surface area contributed by atoms with Gasteiger partial charge < -0.3 is 19.6 Å². The standard InChI is InChI=1S/C23H24N2O4/c1-13-8-6-7-9-18(28-5)20(13)22(26)23-21(24)17-11-10-16(12-19(17)29-23)14(2)25-15(3)27-4/h6,8-12H,2,7,24H2,1,3-5H3. The van der Waals surface area contributed by atoms with E-state index in [1.165, 1.54) is 0 Å². The van der Waals surface area contributed by atoms with Gasteiger partial charge in [-0.3, -0.25) is 4.79 Å². The lowest BCUT2D eigenvalue weighted by Crippen LogP contribution is -2.10. The number of methoxy groups -OCH3 is 2. The molecule has 0 saturated carbocycles. The van der Waals surface area contributed by atoms with Crippen LogP contribution in [0.4, 0.5) is 5.69 Å². The summed E-state index contributed by atoms with van der Waals surface area (Å²) < 4.78 is 16.4.